The Balaban J connectivity index is 0.00000182. The van der Waals surface area contributed by atoms with E-state index in [1.165, 1.54) is 29.6 Å². The molecule has 1 aliphatic carbocycles. The van der Waals surface area contributed by atoms with Gasteiger partial charge in [0.1, 0.15) is 0 Å². The first-order chi connectivity index (χ1) is 11.3. The third-order valence-corrected chi connectivity index (χ3v) is 7.41. The van der Waals surface area contributed by atoms with Crippen LogP contribution in [0.15, 0.2) is 23.1 Å². The van der Waals surface area contributed by atoms with Crippen LogP contribution in [-0.2, 0) is 10.0 Å². The van der Waals surface area contributed by atoms with Gasteiger partial charge in [-0.1, -0.05) is 0 Å². The van der Waals surface area contributed by atoms with Crippen molar-refractivity contribution in [1.29, 1.82) is 0 Å². The number of amides is 2. The van der Waals surface area contributed by atoms with Crippen LogP contribution in [0.3, 0.4) is 0 Å². The zero-order valence-electron chi connectivity index (χ0n) is 13.7. The topological polar surface area (TPSA) is 101 Å². The lowest BCUT2D eigenvalue weighted by Gasteiger charge is -2.18. The van der Waals surface area contributed by atoms with Gasteiger partial charge in [-0.2, -0.15) is 4.31 Å². The van der Waals surface area contributed by atoms with Crippen LogP contribution in [-0.4, -0.2) is 55.6 Å². The normalized spacial score (nSPS) is 28.9. The zero-order chi connectivity index (χ0) is 17.2. The number of imide groups is 1. The van der Waals surface area contributed by atoms with Crippen LogP contribution < -0.4 is 5.73 Å². The predicted molar refractivity (Wildman–Crippen MR) is 93.1 cm³/mol. The van der Waals surface area contributed by atoms with E-state index in [2.05, 4.69) is 0 Å². The Morgan fingerprint density at radius 3 is 2.44 bits per heavy atom. The standard InChI is InChI=1S/C16H19N3O4S.ClH/c1-18-15(20)11-4-3-10(6-12(11)16(18)21)24(22,23)19-7-9-2-5-14(17)13(9)8-19;/h3-4,6,9,13-14H,2,5,7-8,17H2,1H3;1H. The molecule has 0 aromatic heterocycles. The summed E-state index contributed by atoms with van der Waals surface area (Å²) in [4.78, 5) is 25.1. The average Bonchev–Trinajstić information content (AvgIpc) is 3.20. The summed E-state index contributed by atoms with van der Waals surface area (Å²) >= 11 is 0. The van der Waals surface area contributed by atoms with Crippen molar-refractivity contribution in [1.82, 2.24) is 9.21 Å². The number of carbonyl (C=O) groups excluding carboxylic acids is 2. The highest BCUT2D eigenvalue weighted by Gasteiger charge is 2.45. The molecule has 25 heavy (non-hydrogen) atoms. The second kappa shape index (κ2) is 6.05. The Labute approximate surface area is 152 Å². The summed E-state index contributed by atoms with van der Waals surface area (Å²) in [6.45, 7) is 0.905. The van der Waals surface area contributed by atoms with E-state index in [4.69, 9.17) is 5.73 Å². The summed E-state index contributed by atoms with van der Waals surface area (Å²) in [5, 5.41) is 0. The van der Waals surface area contributed by atoms with Crippen molar-refractivity contribution < 1.29 is 18.0 Å². The first kappa shape index (κ1) is 18.3. The van der Waals surface area contributed by atoms with Gasteiger partial charge in [0.15, 0.2) is 0 Å². The fourth-order valence-electron chi connectivity index (χ4n) is 4.11. The number of fused-ring (bicyclic) bond motifs is 2. The van der Waals surface area contributed by atoms with Crippen LogP contribution in [0.5, 0.6) is 0 Å². The maximum absolute atomic E-state index is 12.9. The third-order valence-electron chi connectivity index (χ3n) is 5.58. The summed E-state index contributed by atoms with van der Waals surface area (Å²) in [5.41, 5.74) is 6.48. The van der Waals surface area contributed by atoms with Crippen molar-refractivity contribution in [3.05, 3.63) is 29.3 Å². The first-order valence-electron chi connectivity index (χ1n) is 8.03. The molecule has 2 aliphatic heterocycles. The molecular weight excluding hydrogens is 366 g/mol. The molecule has 1 saturated heterocycles. The van der Waals surface area contributed by atoms with Crippen LogP contribution >= 0.6 is 12.4 Å². The molecule has 2 heterocycles. The summed E-state index contributed by atoms with van der Waals surface area (Å²) in [6, 6.07) is 4.21. The first-order valence-corrected chi connectivity index (χ1v) is 9.47. The SMILES string of the molecule is CN1C(=O)c2ccc(S(=O)(=O)N3CC4CCC(N)C4C3)cc2C1=O.Cl. The molecule has 0 spiro atoms. The summed E-state index contributed by atoms with van der Waals surface area (Å²) in [6.07, 6.45) is 1.91. The molecule has 1 aromatic rings. The number of nitrogens with two attached hydrogens (primary N) is 1. The fraction of sp³-hybridized carbons (Fsp3) is 0.500. The van der Waals surface area contributed by atoms with Crippen molar-refractivity contribution in [3.8, 4) is 0 Å². The molecule has 1 aromatic carbocycles. The van der Waals surface area contributed by atoms with Crippen molar-refractivity contribution in [2.24, 2.45) is 17.6 Å². The van der Waals surface area contributed by atoms with Crippen LogP contribution in [0.25, 0.3) is 0 Å². The van der Waals surface area contributed by atoms with Gasteiger partial charge in [0.25, 0.3) is 11.8 Å². The Kier molecular flexibility index (Phi) is 4.43. The predicted octanol–water partition coefficient (Wildman–Crippen LogP) is 0.692. The average molecular weight is 386 g/mol. The largest absolute Gasteiger partial charge is 0.327 e. The number of hydrogen-bond acceptors (Lipinski definition) is 5. The summed E-state index contributed by atoms with van der Waals surface area (Å²) in [7, 11) is -2.30. The van der Waals surface area contributed by atoms with Gasteiger partial charge in [0, 0.05) is 26.2 Å². The van der Waals surface area contributed by atoms with Gasteiger partial charge in [-0.05, 0) is 42.9 Å². The quantitative estimate of drug-likeness (QED) is 0.755. The van der Waals surface area contributed by atoms with Gasteiger partial charge in [-0.3, -0.25) is 14.5 Å². The lowest BCUT2D eigenvalue weighted by molar-refractivity contribution is 0.0693. The molecule has 0 bridgehead atoms. The van der Waals surface area contributed by atoms with Crippen LogP contribution in [0, 0.1) is 11.8 Å². The van der Waals surface area contributed by atoms with E-state index in [-0.39, 0.29) is 40.4 Å². The van der Waals surface area contributed by atoms with Gasteiger partial charge in [-0.25, -0.2) is 8.42 Å². The lowest BCUT2D eigenvalue weighted by atomic mass is 9.98. The number of nitrogens with zero attached hydrogens (tertiary/aromatic N) is 2. The Morgan fingerprint density at radius 2 is 1.76 bits per heavy atom. The van der Waals surface area contributed by atoms with Crippen molar-refractivity contribution in [3.63, 3.8) is 0 Å². The van der Waals surface area contributed by atoms with E-state index in [0.29, 0.717) is 19.0 Å². The van der Waals surface area contributed by atoms with Crippen LogP contribution in [0.4, 0.5) is 0 Å². The number of rotatable bonds is 2. The maximum atomic E-state index is 12.9. The highest BCUT2D eigenvalue weighted by molar-refractivity contribution is 7.89. The molecule has 7 nitrogen and oxygen atoms in total. The number of carbonyl (C=O) groups is 2. The molecular formula is C16H20ClN3O4S. The smallest absolute Gasteiger partial charge is 0.261 e. The van der Waals surface area contributed by atoms with Gasteiger partial charge < -0.3 is 5.73 Å². The monoisotopic (exact) mass is 385 g/mol. The van der Waals surface area contributed by atoms with E-state index in [9.17, 15) is 18.0 Å². The molecule has 136 valence electrons. The van der Waals surface area contributed by atoms with E-state index in [1.54, 1.807) is 0 Å². The fourth-order valence-corrected chi connectivity index (χ4v) is 5.67. The van der Waals surface area contributed by atoms with Crippen molar-refractivity contribution in [2.45, 2.75) is 23.8 Å². The van der Waals surface area contributed by atoms with Gasteiger partial charge in [0.05, 0.1) is 16.0 Å². The molecule has 2 fully saturated rings. The molecule has 3 aliphatic rings. The molecule has 0 radical (unpaired) electrons. The Morgan fingerprint density at radius 1 is 1.08 bits per heavy atom. The van der Waals surface area contributed by atoms with Crippen molar-refractivity contribution >= 4 is 34.2 Å². The maximum Gasteiger partial charge on any atom is 0.261 e. The van der Waals surface area contributed by atoms with Gasteiger partial charge >= 0.3 is 0 Å². The molecule has 4 rings (SSSR count). The Hall–Kier alpha value is -1.48. The summed E-state index contributed by atoms with van der Waals surface area (Å²) < 4.78 is 27.3. The van der Waals surface area contributed by atoms with E-state index in [1.807, 2.05) is 0 Å². The van der Waals surface area contributed by atoms with Crippen LogP contribution in [0.2, 0.25) is 0 Å². The minimum absolute atomic E-state index is 0. The second-order valence-corrected chi connectivity index (χ2v) is 8.80. The molecule has 3 unspecified atom stereocenters. The van der Waals surface area contributed by atoms with Crippen LogP contribution in [0.1, 0.15) is 33.6 Å². The van der Waals surface area contributed by atoms with E-state index < -0.39 is 21.8 Å². The molecule has 2 amide bonds. The Bertz CT molecular complexity index is 857. The highest BCUT2D eigenvalue weighted by atomic mass is 35.5. The van der Waals surface area contributed by atoms with E-state index in [0.717, 1.165) is 17.7 Å². The molecule has 9 heteroatoms. The van der Waals surface area contributed by atoms with Gasteiger partial charge in [-0.15, -0.1) is 12.4 Å². The summed E-state index contributed by atoms with van der Waals surface area (Å²) in [5.74, 6) is -0.338. The third kappa shape index (κ3) is 2.59. The minimum Gasteiger partial charge on any atom is -0.327 e. The molecule has 1 saturated carbocycles. The lowest BCUT2D eigenvalue weighted by Crippen LogP contribution is -2.33. The molecule has 2 N–H and O–H groups in total. The highest BCUT2D eigenvalue weighted by Crippen LogP contribution is 2.39. The molecule has 3 atom stereocenters. The minimum atomic E-state index is -3.69. The zero-order valence-corrected chi connectivity index (χ0v) is 15.3. The van der Waals surface area contributed by atoms with E-state index >= 15 is 0 Å². The number of halogens is 1. The number of hydrogen-bond donors (Lipinski definition) is 1. The number of sulfonamides is 1. The second-order valence-electron chi connectivity index (χ2n) is 6.86. The van der Waals surface area contributed by atoms with Gasteiger partial charge in [0.2, 0.25) is 10.0 Å². The van der Waals surface area contributed by atoms with Crippen molar-refractivity contribution in [2.75, 3.05) is 20.1 Å². The number of benzene rings is 1.